The third-order valence-corrected chi connectivity index (χ3v) is 3.02. The molecule has 1 amide bonds. The van der Waals surface area contributed by atoms with Gasteiger partial charge in [-0.15, -0.1) is 0 Å². The monoisotopic (exact) mass is 260 g/mol. The Labute approximate surface area is 105 Å². The summed E-state index contributed by atoms with van der Waals surface area (Å²) in [4.78, 5) is 11.6. The van der Waals surface area contributed by atoms with Gasteiger partial charge in [-0.1, -0.05) is 19.3 Å². The van der Waals surface area contributed by atoms with Crippen molar-refractivity contribution in [2.45, 2.75) is 50.5 Å². The quantitative estimate of drug-likeness (QED) is 0.743. The van der Waals surface area contributed by atoms with Crippen LogP contribution in [0.4, 0.5) is 8.78 Å². The molecule has 4 nitrogen and oxygen atoms in total. The van der Waals surface area contributed by atoms with E-state index in [0.717, 1.165) is 19.3 Å². The van der Waals surface area contributed by atoms with Crippen LogP contribution >= 0.6 is 0 Å². The fourth-order valence-corrected chi connectivity index (χ4v) is 2.09. The molecule has 0 radical (unpaired) electrons. The van der Waals surface area contributed by atoms with E-state index >= 15 is 0 Å². The van der Waals surface area contributed by atoms with Crippen LogP contribution in [-0.2, 0) is 9.53 Å². The number of rotatable bonds is 6. The fourth-order valence-electron chi connectivity index (χ4n) is 2.09. The molecule has 1 rings (SSSR count). The number of carbonyl (C=O) groups excluding carboxylic acids is 1. The topological polar surface area (TPSA) is 62.1 Å². The van der Waals surface area contributed by atoms with E-state index in [2.05, 4.69) is 16.1 Å². The zero-order chi connectivity index (χ0) is 13.4. The van der Waals surface area contributed by atoms with Gasteiger partial charge in [0.05, 0.1) is 19.1 Å². The van der Waals surface area contributed by atoms with Crippen LogP contribution in [-0.4, -0.2) is 31.1 Å². The van der Waals surface area contributed by atoms with Crippen LogP contribution in [0.15, 0.2) is 0 Å². The number of halogens is 2. The first-order valence-electron chi connectivity index (χ1n) is 6.16. The summed E-state index contributed by atoms with van der Waals surface area (Å²) in [6.45, 7) is -0.700. The predicted octanol–water partition coefficient (Wildman–Crippen LogP) is 2.00. The Bertz CT molecular complexity index is 310. The van der Waals surface area contributed by atoms with Gasteiger partial charge in [0.1, 0.15) is 12.1 Å². The third kappa shape index (κ3) is 4.96. The smallest absolute Gasteiger partial charge is 0.261 e. The van der Waals surface area contributed by atoms with Gasteiger partial charge in [0.15, 0.2) is 0 Å². The molecular formula is C12H18F2N2O2. The number of nitrogens with zero attached hydrogens (tertiary/aromatic N) is 1. The van der Waals surface area contributed by atoms with Crippen LogP contribution in [0.2, 0.25) is 0 Å². The molecule has 1 aliphatic carbocycles. The zero-order valence-electron chi connectivity index (χ0n) is 10.3. The van der Waals surface area contributed by atoms with E-state index in [1.165, 1.54) is 0 Å². The van der Waals surface area contributed by atoms with E-state index in [9.17, 15) is 13.6 Å². The van der Waals surface area contributed by atoms with Crippen molar-refractivity contribution in [1.29, 1.82) is 5.26 Å². The highest BCUT2D eigenvalue weighted by molar-refractivity contribution is 5.77. The number of hydrogen-bond acceptors (Lipinski definition) is 3. The summed E-state index contributed by atoms with van der Waals surface area (Å²) in [5, 5.41) is 11.8. The number of hydrogen-bond donors (Lipinski definition) is 1. The average Bonchev–Trinajstić information content (AvgIpc) is 2.35. The Morgan fingerprint density at radius 2 is 2.06 bits per heavy atom. The summed E-state index contributed by atoms with van der Waals surface area (Å²) >= 11 is 0. The molecule has 0 aromatic rings. The minimum absolute atomic E-state index is 0.0101. The fraction of sp³-hybridized carbons (Fsp3) is 0.833. The number of alkyl halides is 2. The second-order valence-corrected chi connectivity index (χ2v) is 4.52. The molecule has 1 N–H and O–H groups in total. The lowest BCUT2D eigenvalue weighted by atomic mass is 9.83. The predicted molar refractivity (Wildman–Crippen MR) is 61.0 cm³/mol. The normalized spacial score (nSPS) is 18.3. The number of amides is 1. The van der Waals surface area contributed by atoms with Crippen molar-refractivity contribution >= 4 is 5.91 Å². The van der Waals surface area contributed by atoms with Gasteiger partial charge in [0.2, 0.25) is 5.91 Å². The van der Waals surface area contributed by atoms with Crippen LogP contribution in [0.5, 0.6) is 0 Å². The first-order valence-corrected chi connectivity index (χ1v) is 6.16. The van der Waals surface area contributed by atoms with Crippen molar-refractivity contribution < 1.29 is 18.3 Å². The van der Waals surface area contributed by atoms with Gasteiger partial charge < -0.3 is 10.1 Å². The molecule has 0 unspecified atom stereocenters. The van der Waals surface area contributed by atoms with Crippen molar-refractivity contribution in [2.75, 3.05) is 13.2 Å². The lowest BCUT2D eigenvalue weighted by molar-refractivity contribution is -0.124. The maximum atomic E-state index is 11.8. The summed E-state index contributed by atoms with van der Waals surface area (Å²) in [6.07, 6.45) is 1.75. The van der Waals surface area contributed by atoms with Gasteiger partial charge in [-0.25, -0.2) is 8.78 Å². The molecule has 0 saturated heterocycles. The molecule has 1 aliphatic rings. The number of nitriles is 1. The molecule has 1 fully saturated rings. The minimum atomic E-state index is -2.52. The van der Waals surface area contributed by atoms with Gasteiger partial charge in [-0.2, -0.15) is 5.26 Å². The SMILES string of the molecule is N#CC1(NC(=O)CCOCC(F)F)CCCCC1. The average molecular weight is 260 g/mol. The van der Waals surface area contributed by atoms with Crippen LogP contribution in [0.25, 0.3) is 0 Å². The summed E-state index contributed by atoms with van der Waals surface area (Å²) in [5.74, 6) is -0.312. The van der Waals surface area contributed by atoms with Crippen molar-refractivity contribution in [3.8, 4) is 6.07 Å². The Morgan fingerprint density at radius 3 is 2.61 bits per heavy atom. The minimum Gasteiger partial charge on any atom is -0.375 e. The van der Waals surface area contributed by atoms with E-state index in [1.54, 1.807) is 0 Å². The molecule has 0 spiro atoms. The van der Waals surface area contributed by atoms with Crippen molar-refractivity contribution in [3.63, 3.8) is 0 Å². The molecule has 0 aromatic carbocycles. The van der Waals surface area contributed by atoms with Crippen molar-refractivity contribution in [3.05, 3.63) is 0 Å². The zero-order valence-corrected chi connectivity index (χ0v) is 10.3. The molecular weight excluding hydrogens is 242 g/mol. The highest BCUT2D eigenvalue weighted by atomic mass is 19.3. The molecule has 0 aromatic heterocycles. The lowest BCUT2D eigenvalue weighted by Gasteiger charge is -2.31. The van der Waals surface area contributed by atoms with Gasteiger partial charge >= 0.3 is 0 Å². The van der Waals surface area contributed by atoms with Crippen LogP contribution in [0.3, 0.4) is 0 Å². The van der Waals surface area contributed by atoms with Crippen molar-refractivity contribution in [2.24, 2.45) is 0 Å². The Hall–Kier alpha value is -1.22. The number of nitrogens with one attached hydrogen (secondary N) is 1. The van der Waals surface area contributed by atoms with Gasteiger partial charge in [0, 0.05) is 0 Å². The van der Waals surface area contributed by atoms with E-state index < -0.39 is 18.6 Å². The van der Waals surface area contributed by atoms with Gasteiger partial charge in [-0.3, -0.25) is 4.79 Å². The Kier molecular flexibility index (Phi) is 5.99. The first-order chi connectivity index (χ1) is 8.58. The molecule has 0 bridgehead atoms. The van der Waals surface area contributed by atoms with Gasteiger partial charge in [-0.05, 0) is 12.8 Å². The summed E-state index contributed by atoms with van der Waals surface area (Å²) in [7, 11) is 0. The molecule has 0 atom stereocenters. The molecule has 6 heteroatoms. The number of ether oxygens (including phenoxy) is 1. The van der Waals surface area contributed by atoms with Gasteiger partial charge in [0.25, 0.3) is 6.43 Å². The van der Waals surface area contributed by atoms with Crippen LogP contribution in [0.1, 0.15) is 38.5 Å². The third-order valence-electron chi connectivity index (χ3n) is 3.02. The van der Waals surface area contributed by atoms with Crippen LogP contribution < -0.4 is 5.32 Å². The highest BCUT2D eigenvalue weighted by Gasteiger charge is 2.33. The Balaban J connectivity index is 2.27. The van der Waals surface area contributed by atoms with E-state index in [4.69, 9.17) is 5.26 Å². The summed E-state index contributed by atoms with van der Waals surface area (Å²) in [5.41, 5.74) is -0.766. The van der Waals surface area contributed by atoms with Crippen LogP contribution in [0, 0.1) is 11.3 Å². The number of carbonyl (C=O) groups is 1. The Morgan fingerprint density at radius 1 is 1.39 bits per heavy atom. The summed E-state index contributed by atoms with van der Waals surface area (Å²) in [6, 6.07) is 2.16. The molecule has 0 heterocycles. The second kappa shape index (κ2) is 7.27. The summed E-state index contributed by atoms with van der Waals surface area (Å²) < 4.78 is 28.2. The van der Waals surface area contributed by atoms with E-state index in [-0.39, 0.29) is 18.9 Å². The molecule has 1 saturated carbocycles. The standard InChI is InChI=1S/C12H18F2N2O2/c13-10(14)8-18-7-4-11(17)16-12(9-15)5-2-1-3-6-12/h10H,1-8H2,(H,16,17). The lowest BCUT2D eigenvalue weighted by Crippen LogP contribution is -2.48. The maximum Gasteiger partial charge on any atom is 0.261 e. The van der Waals surface area contributed by atoms with E-state index in [0.29, 0.717) is 12.8 Å². The van der Waals surface area contributed by atoms with Crippen molar-refractivity contribution in [1.82, 2.24) is 5.32 Å². The second-order valence-electron chi connectivity index (χ2n) is 4.52. The molecule has 18 heavy (non-hydrogen) atoms. The first kappa shape index (κ1) is 14.8. The van der Waals surface area contributed by atoms with E-state index in [1.807, 2.05) is 0 Å². The largest absolute Gasteiger partial charge is 0.375 e. The molecule has 0 aliphatic heterocycles. The molecule has 102 valence electrons. The maximum absolute atomic E-state index is 11.8. The highest BCUT2D eigenvalue weighted by Crippen LogP contribution is 2.27.